The number of esters is 2. The minimum atomic E-state index is -2.50. The maximum atomic E-state index is 14.5. The zero-order valence-corrected chi connectivity index (χ0v) is 36.7. The third-order valence-electron chi connectivity index (χ3n) is 13.1. The topological polar surface area (TPSA) is 164 Å². The van der Waals surface area contributed by atoms with E-state index in [0.717, 1.165) is 36.8 Å². The molecule has 3 aliphatic heterocycles. The Morgan fingerprint density at radius 1 is 0.914 bits per heavy atom. The number of cyclic esters (lactones) is 1. The molecule has 3 fully saturated rings. The number of nitrogens with zero attached hydrogens (tertiary/aromatic N) is 1. The highest BCUT2D eigenvalue weighted by Gasteiger charge is 2.56. The number of rotatable bonds is 7. The summed E-state index contributed by atoms with van der Waals surface area (Å²) in [6, 6.07) is -1.13. The molecule has 0 spiro atoms. The first-order valence-corrected chi connectivity index (χ1v) is 21.6. The van der Waals surface area contributed by atoms with Gasteiger partial charge in [-0.15, -0.1) is 0 Å². The van der Waals surface area contributed by atoms with Crippen molar-refractivity contribution in [2.24, 2.45) is 29.6 Å². The Hall–Kier alpha value is -2.97. The van der Waals surface area contributed by atoms with Gasteiger partial charge in [0, 0.05) is 59.0 Å². The van der Waals surface area contributed by atoms with Crippen LogP contribution in [0.5, 0.6) is 0 Å². The molecule has 4 aliphatic rings. The predicted octanol–water partition coefficient (Wildman–Crippen LogP) is 6.07. The van der Waals surface area contributed by atoms with E-state index < -0.39 is 83.7 Å². The summed E-state index contributed by atoms with van der Waals surface area (Å²) < 4.78 is 36.0. The molecule has 1 saturated carbocycles. The second-order valence-corrected chi connectivity index (χ2v) is 17.6. The first-order valence-electron chi connectivity index (χ1n) is 21.6. The Labute approximate surface area is 345 Å². The zero-order chi connectivity index (χ0) is 42.9. The summed E-state index contributed by atoms with van der Waals surface area (Å²) in [5.74, 6) is -7.81. The second kappa shape index (κ2) is 21.5. The highest BCUT2D eigenvalue weighted by Crippen LogP contribution is 2.39. The molecule has 13 nitrogen and oxygen atoms in total. The molecule has 4 rings (SSSR count). The quantitative estimate of drug-likeness (QED) is 0.179. The fraction of sp³-hybridized carbons (Fsp3) is 0.800. The molecule has 1 N–H and O–H groups in total. The average Bonchev–Trinajstić information content (AvgIpc) is 3.20. The van der Waals surface area contributed by atoms with E-state index >= 15 is 0 Å². The third-order valence-corrected chi connectivity index (χ3v) is 13.1. The molecule has 1 unspecified atom stereocenters. The molecule has 2 saturated heterocycles. The van der Waals surface area contributed by atoms with Crippen molar-refractivity contribution < 1.29 is 57.5 Å². The standard InChI is InChI=1S/C45H71NO12/c1-11-33-20-26(2)19-27(3)21-38(54-9)41-39(55-10)23-29(5)45(52,58-41)42(49)43(50)46-18-13-12-17-35(46)44(51)57-40(30(6)37(25-36(33)48)56-31(7)47)28(4)22-32-15-14-16-34(24-32)53-8/h20,22,27,29-30,32-35,37-41,52H,11-19,21,23-25H2,1-10H3/b26-20+,28-22+/t27-,29+,30-,32?,33+,34-,35-,37-,38-,39-,40+,41+,45+/m0/s1. The number of fused-ring (bicyclic) bond motifs is 3. The van der Waals surface area contributed by atoms with Crippen LogP contribution in [0.4, 0.5) is 0 Å². The summed E-state index contributed by atoms with van der Waals surface area (Å²) >= 11 is 0. The summed E-state index contributed by atoms with van der Waals surface area (Å²) in [5, 5.41) is 12.1. The van der Waals surface area contributed by atoms with Gasteiger partial charge in [0.1, 0.15) is 30.1 Å². The lowest BCUT2D eigenvalue weighted by Crippen LogP contribution is -2.64. The normalized spacial score (nSPS) is 39.1. The van der Waals surface area contributed by atoms with Crippen molar-refractivity contribution in [2.45, 2.75) is 174 Å². The van der Waals surface area contributed by atoms with Gasteiger partial charge in [-0.1, -0.05) is 51.8 Å². The lowest BCUT2D eigenvalue weighted by molar-refractivity contribution is -0.302. The van der Waals surface area contributed by atoms with Gasteiger partial charge in [-0.05, 0) is 95.5 Å². The Bertz CT molecular complexity index is 1510. The maximum absolute atomic E-state index is 14.5. The third kappa shape index (κ3) is 11.6. The number of amides is 1. The van der Waals surface area contributed by atoms with Gasteiger partial charge in [-0.3, -0.25) is 19.2 Å². The fourth-order valence-electron chi connectivity index (χ4n) is 9.74. The van der Waals surface area contributed by atoms with Crippen LogP contribution in [0.25, 0.3) is 0 Å². The van der Waals surface area contributed by atoms with E-state index in [9.17, 15) is 29.1 Å². The van der Waals surface area contributed by atoms with Gasteiger partial charge in [-0.2, -0.15) is 0 Å². The number of carbonyl (C=O) groups is 5. The van der Waals surface area contributed by atoms with Crippen molar-refractivity contribution in [1.82, 2.24) is 4.90 Å². The SMILES string of the molecule is CC[C@@H]1/C=C(\C)C[C@H](C)C[C@H](OC)[C@H]2O[C@@](O)(C(=O)C(=O)N3CCCC[C@H]3C(=O)O[C@H](/C(C)=C/C3CCC[C@H](OC)C3)[C@@H](C)[C@@H](OC(C)=O)CC1=O)[C@H](C)C[C@@H]2OC. The van der Waals surface area contributed by atoms with E-state index in [1.165, 1.54) is 26.0 Å². The minimum absolute atomic E-state index is 0.0266. The number of ether oxygens (including phenoxy) is 6. The first kappa shape index (κ1) is 47.7. The molecule has 0 aromatic rings. The number of allylic oxidation sites excluding steroid dienone is 3. The summed E-state index contributed by atoms with van der Waals surface area (Å²) in [6.07, 6.45) is 7.08. The van der Waals surface area contributed by atoms with Gasteiger partial charge in [0.25, 0.3) is 11.7 Å². The van der Waals surface area contributed by atoms with Crippen molar-refractivity contribution in [3.05, 3.63) is 23.3 Å². The summed E-state index contributed by atoms with van der Waals surface area (Å²) in [7, 11) is 4.78. The van der Waals surface area contributed by atoms with Crippen LogP contribution in [-0.2, 0) is 52.4 Å². The van der Waals surface area contributed by atoms with Crippen LogP contribution in [0, 0.1) is 29.6 Å². The maximum Gasteiger partial charge on any atom is 0.329 e. The van der Waals surface area contributed by atoms with Crippen molar-refractivity contribution in [3.8, 4) is 0 Å². The Morgan fingerprint density at radius 3 is 2.24 bits per heavy atom. The lowest BCUT2D eigenvalue weighted by Gasteiger charge is -2.47. The van der Waals surface area contributed by atoms with Gasteiger partial charge < -0.3 is 38.4 Å². The number of aliphatic hydroxyl groups is 1. The largest absolute Gasteiger partial charge is 0.462 e. The molecule has 0 radical (unpaired) electrons. The molecule has 1 aliphatic carbocycles. The Kier molecular flexibility index (Phi) is 17.7. The summed E-state index contributed by atoms with van der Waals surface area (Å²) in [5.41, 5.74) is 1.73. The Balaban J connectivity index is 1.82. The van der Waals surface area contributed by atoms with E-state index in [4.69, 9.17) is 28.4 Å². The molecule has 13 atom stereocenters. The molecular formula is C45H71NO12. The number of ketones is 2. The number of piperidine rings is 1. The van der Waals surface area contributed by atoms with E-state index in [0.29, 0.717) is 32.1 Å². The van der Waals surface area contributed by atoms with Crippen molar-refractivity contribution in [2.75, 3.05) is 27.9 Å². The average molecular weight is 818 g/mol. The lowest BCUT2D eigenvalue weighted by atomic mass is 9.82. The van der Waals surface area contributed by atoms with Crippen LogP contribution in [0.15, 0.2) is 23.3 Å². The van der Waals surface area contributed by atoms with Crippen molar-refractivity contribution in [1.29, 1.82) is 0 Å². The molecule has 13 heteroatoms. The van der Waals surface area contributed by atoms with Gasteiger partial charge in [-0.25, -0.2) is 4.79 Å². The van der Waals surface area contributed by atoms with E-state index in [1.54, 1.807) is 14.0 Å². The number of hydrogen-bond acceptors (Lipinski definition) is 12. The highest BCUT2D eigenvalue weighted by atomic mass is 16.7. The van der Waals surface area contributed by atoms with Crippen LogP contribution >= 0.6 is 0 Å². The second-order valence-electron chi connectivity index (χ2n) is 17.6. The number of Topliss-reactive ketones (excluding diaryl/α,β-unsaturated/α-hetero) is 2. The number of methoxy groups -OCH3 is 3. The van der Waals surface area contributed by atoms with Crippen LogP contribution < -0.4 is 0 Å². The first-order chi connectivity index (χ1) is 27.5. The van der Waals surface area contributed by atoms with Crippen LogP contribution in [0.2, 0.25) is 0 Å². The monoisotopic (exact) mass is 817 g/mol. The summed E-state index contributed by atoms with van der Waals surface area (Å²) in [6.45, 7) is 12.7. The summed E-state index contributed by atoms with van der Waals surface area (Å²) in [4.78, 5) is 71.0. The number of hydrogen-bond donors (Lipinski definition) is 1. The fourth-order valence-corrected chi connectivity index (χ4v) is 9.74. The van der Waals surface area contributed by atoms with E-state index in [1.807, 2.05) is 33.8 Å². The van der Waals surface area contributed by atoms with Crippen molar-refractivity contribution >= 4 is 29.4 Å². The van der Waals surface area contributed by atoms with Gasteiger partial charge in [0.15, 0.2) is 0 Å². The molecule has 0 aromatic heterocycles. The zero-order valence-electron chi connectivity index (χ0n) is 36.7. The Morgan fingerprint density at radius 2 is 1.60 bits per heavy atom. The molecule has 2 bridgehead atoms. The molecular weight excluding hydrogens is 746 g/mol. The van der Waals surface area contributed by atoms with Crippen molar-refractivity contribution in [3.63, 3.8) is 0 Å². The molecule has 3 heterocycles. The molecule has 0 aromatic carbocycles. The van der Waals surface area contributed by atoms with Gasteiger partial charge in [0.05, 0.1) is 18.3 Å². The minimum Gasteiger partial charge on any atom is -0.462 e. The smallest absolute Gasteiger partial charge is 0.329 e. The van der Waals surface area contributed by atoms with Gasteiger partial charge >= 0.3 is 11.9 Å². The predicted molar refractivity (Wildman–Crippen MR) is 216 cm³/mol. The van der Waals surface area contributed by atoms with Crippen LogP contribution in [0.3, 0.4) is 0 Å². The van der Waals surface area contributed by atoms with Crippen LogP contribution in [0.1, 0.15) is 126 Å². The van der Waals surface area contributed by atoms with Crippen LogP contribution in [-0.4, -0.2) is 116 Å². The highest BCUT2D eigenvalue weighted by molar-refractivity contribution is 6.39. The van der Waals surface area contributed by atoms with E-state index in [-0.39, 0.29) is 49.5 Å². The van der Waals surface area contributed by atoms with Gasteiger partial charge in [0.2, 0.25) is 5.79 Å². The van der Waals surface area contributed by atoms with E-state index in [2.05, 4.69) is 13.0 Å². The molecule has 1 amide bonds. The molecule has 58 heavy (non-hydrogen) atoms. The number of carbonyl (C=O) groups excluding carboxylic acids is 5. The molecule has 328 valence electrons.